The van der Waals surface area contributed by atoms with E-state index in [1.54, 1.807) is 13.2 Å². The quantitative estimate of drug-likeness (QED) is 0.184. The average molecular weight is 867 g/mol. The Morgan fingerprint density at radius 2 is 1.31 bits per heavy atom. The molecule has 0 aliphatic heterocycles. The second-order valence-corrected chi connectivity index (χ2v) is 7.92. The van der Waals surface area contributed by atoms with Gasteiger partial charge in [0.2, 0.25) is 0 Å². The molecule has 3 rings (SSSR count). The number of hydrogen-bond acceptors (Lipinski definition) is 10. The Kier molecular flexibility index (Phi) is 20.4. The molecule has 0 aliphatic rings. The summed E-state index contributed by atoms with van der Waals surface area (Å²) in [6.07, 6.45) is 0. The van der Waals surface area contributed by atoms with E-state index in [1.165, 1.54) is 23.5 Å². The van der Waals surface area contributed by atoms with Gasteiger partial charge in [-0.25, -0.2) is 0 Å². The first-order valence-corrected chi connectivity index (χ1v) is 10.4. The number of hydrogen-bond donors (Lipinski definition) is 0. The zero-order chi connectivity index (χ0) is 24.0. The van der Waals surface area contributed by atoms with Crippen molar-refractivity contribution in [3.8, 4) is 32.4 Å². The van der Waals surface area contributed by atoms with Crippen LogP contribution in [0.5, 0.6) is 11.5 Å². The van der Waals surface area contributed by atoms with Crippen molar-refractivity contribution in [3.63, 3.8) is 0 Å². The third-order valence-electron chi connectivity index (χ3n) is 4.55. The smallest absolute Gasteiger partial charge is 0.548 e. The molecule has 172 valence electrons. The number of carbonyl (C=O) groups is 3. The molecule has 3 aromatic rings. The minimum Gasteiger partial charge on any atom is -0.548 e. The van der Waals surface area contributed by atoms with E-state index in [4.69, 9.17) is 9.47 Å². The van der Waals surface area contributed by atoms with Gasteiger partial charge in [-0.15, -0.1) is 11.3 Å². The van der Waals surface area contributed by atoms with Gasteiger partial charge >= 0.3 is 207 Å². The van der Waals surface area contributed by atoms with Gasteiger partial charge in [0.25, 0.3) is 0 Å². The van der Waals surface area contributed by atoms with E-state index in [9.17, 15) is 29.7 Å². The Morgan fingerprint density at radius 3 is 1.81 bits per heavy atom. The third-order valence-corrected chi connectivity index (χ3v) is 5.73. The maximum Gasteiger partial charge on any atom is 1.00 e. The number of anilines is 1. The first-order chi connectivity index (χ1) is 15.8. The summed E-state index contributed by atoms with van der Waals surface area (Å²) in [6, 6.07) is 16.0. The normalized spacial score (nSPS) is 9.58. The van der Waals surface area contributed by atoms with E-state index >= 15 is 0 Å². The van der Waals surface area contributed by atoms with Gasteiger partial charge in [-0.05, 0) is 59.7 Å². The van der Waals surface area contributed by atoms with Crippen LogP contribution >= 0.6 is 11.3 Å². The fraction of sp³-hybridized carbons (Fsp3) is 0.174. The molecule has 0 aliphatic carbocycles. The fourth-order valence-electron chi connectivity index (χ4n) is 3.12. The Labute approximate surface area is 389 Å². The maximum atomic E-state index is 11.1. The van der Waals surface area contributed by atoms with Crippen LogP contribution < -0.4 is 236 Å². The van der Waals surface area contributed by atoms with Crippen molar-refractivity contribution in [2.24, 2.45) is 0 Å². The molecule has 0 bridgehead atoms. The topological polar surface area (TPSA) is 142 Å². The monoisotopic (exact) mass is 867 g/mol. The molecule has 9 nitrogen and oxygen atoms in total. The van der Waals surface area contributed by atoms with Crippen LogP contribution in [0.1, 0.15) is 0 Å². The van der Waals surface area contributed by atoms with Gasteiger partial charge < -0.3 is 44.1 Å². The predicted octanol–water partition coefficient (Wildman–Crippen LogP) is -9.46. The number of ether oxygens (including phenoxy) is 2. The van der Waals surface area contributed by atoms with Gasteiger partial charge in [-0.1, -0.05) is 6.07 Å². The van der Waals surface area contributed by atoms with E-state index < -0.39 is 37.6 Å². The Balaban J connectivity index is 0.00000408. The van der Waals surface area contributed by atoms with Gasteiger partial charge in [0.05, 0.1) is 43.8 Å². The van der Waals surface area contributed by atoms with Crippen LogP contribution in [-0.4, -0.2) is 44.7 Å². The van der Waals surface area contributed by atoms with Crippen LogP contribution in [0.25, 0.3) is 20.9 Å². The molecule has 1 heterocycles. The molecule has 0 atom stereocenters. The molecule has 0 saturated heterocycles. The van der Waals surface area contributed by atoms with Crippen molar-refractivity contribution in [1.29, 1.82) is 0 Å². The second kappa shape index (κ2) is 19.3. The van der Waals surface area contributed by atoms with Crippen molar-refractivity contribution in [2.75, 3.05) is 31.7 Å². The molecule has 0 saturated carbocycles. The number of thiophene rings is 1. The summed E-state index contributed by atoms with van der Waals surface area (Å²) >= 11 is 1.47. The van der Waals surface area contributed by atoms with Crippen molar-refractivity contribution in [2.45, 2.75) is 0 Å². The van der Waals surface area contributed by atoms with Crippen molar-refractivity contribution < 1.29 is 246 Å². The number of nitrogens with zero attached hydrogens (tertiary/aromatic N) is 1. The van der Waals surface area contributed by atoms with Crippen molar-refractivity contribution in [3.05, 3.63) is 54.6 Å². The number of benzene rings is 2. The van der Waals surface area contributed by atoms with E-state index in [0.29, 0.717) is 5.56 Å². The molecule has 0 radical (unpaired) electrons. The Morgan fingerprint density at radius 1 is 0.778 bits per heavy atom. The molecule has 0 N–H and O–H groups in total. The summed E-state index contributed by atoms with van der Waals surface area (Å²) in [4.78, 5) is 35.8. The largest absolute Gasteiger partial charge is 1.00 e. The molecule has 13 heteroatoms. The van der Waals surface area contributed by atoms with Gasteiger partial charge in [0.15, 0.2) is 0 Å². The van der Waals surface area contributed by atoms with Crippen LogP contribution in [-0.2, 0) is 14.4 Å². The summed E-state index contributed by atoms with van der Waals surface area (Å²) in [5.74, 6) is -3.81. The Hall–Kier alpha value is 2.11. The van der Waals surface area contributed by atoms with Crippen LogP contribution in [0.2, 0.25) is 0 Å². The second-order valence-electron chi connectivity index (χ2n) is 6.84. The summed E-state index contributed by atoms with van der Waals surface area (Å²) < 4.78 is 10.5. The van der Waals surface area contributed by atoms with E-state index in [2.05, 4.69) is 0 Å². The first-order valence-electron chi connectivity index (χ1n) is 9.62. The number of carboxylic acids is 3. The molecule has 2 aromatic carbocycles. The third kappa shape index (κ3) is 11.9. The van der Waals surface area contributed by atoms with E-state index in [-0.39, 0.29) is 218 Å². The molecule has 0 fully saturated rings. The summed E-state index contributed by atoms with van der Waals surface area (Å²) in [7, 11) is 1.59. The van der Waals surface area contributed by atoms with Gasteiger partial charge in [0.1, 0.15) is 18.1 Å². The Bertz CT molecular complexity index is 1150. The van der Waals surface area contributed by atoms with Crippen LogP contribution in [0.15, 0.2) is 54.6 Å². The minimum absolute atomic E-state index is 0. The van der Waals surface area contributed by atoms with Crippen LogP contribution in [0.3, 0.4) is 0 Å². The number of methoxy groups -OCH3 is 1. The zero-order valence-corrected chi connectivity index (χ0v) is 40.1. The SMILES string of the molecule is COc1ccc(-c2ccc(-c3ccc(N(CC(=O)[O-])CC(=O)[O-])c(OCC(=O)[O-])c3)s2)cc1.[Cs+].[Cs+].[Cs+]. The molecular weight excluding hydrogens is 849 g/mol. The molecular formula is C23H18Cs3NO8S. The van der Waals surface area contributed by atoms with Gasteiger partial charge in [0, 0.05) is 9.75 Å². The summed E-state index contributed by atoms with van der Waals surface area (Å²) in [6.45, 7) is -2.31. The zero-order valence-electron chi connectivity index (χ0n) is 20.4. The average Bonchev–Trinajstić information content (AvgIpc) is 3.27. The summed E-state index contributed by atoms with van der Waals surface area (Å²) in [5.41, 5.74) is 1.71. The number of rotatable bonds is 11. The van der Waals surface area contributed by atoms with E-state index in [1.807, 2.05) is 36.4 Å². The fourth-order valence-corrected chi connectivity index (χ4v) is 4.13. The van der Waals surface area contributed by atoms with Crippen LogP contribution in [0.4, 0.5) is 5.69 Å². The van der Waals surface area contributed by atoms with Gasteiger partial charge in [-0.3, -0.25) is 0 Å². The van der Waals surface area contributed by atoms with E-state index in [0.717, 1.165) is 26.0 Å². The standard InChI is InChI=1S/C23H21NO8S.3Cs/c1-31-16-5-2-14(3-6-16)19-8-9-20(33-19)15-4-7-17(18(10-15)32-13-23(29)30)24(11-21(25)26)12-22(27)28;;;/h2-10H,11-13H2,1H3,(H,25,26)(H,27,28)(H,29,30);;;/q;3*+1/p-3. The summed E-state index contributed by atoms with van der Waals surface area (Å²) in [5, 5.41) is 33.1. The number of carbonyl (C=O) groups excluding carboxylic acids is 3. The minimum atomic E-state index is -1.52. The predicted molar refractivity (Wildman–Crippen MR) is 114 cm³/mol. The molecule has 36 heavy (non-hydrogen) atoms. The van der Waals surface area contributed by atoms with Gasteiger partial charge in [-0.2, -0.15) is 0 Å². The molecule has 0 amide bonds. The molecule has 1 aromatic heterocycles. The maximum absolute atomic E-state index is 11.1. The van der Waals surface area contributed by atoms with Crippen LogP contribution in [0, 0.1) is 0 Å². The number of aliphatic carboxylic acids is 3. The molecule has 0 spiro atoms. The van der Waals surface area contributed by atoms with Crippen molar-refractivity contribution in [1.82, 2.24) is 0 Å². The first kappa shape index (κ1) is 38.1. The number of carboxylic acid groups (broad SMARTS) is 3. The van der Waals surface area contributed by atoms with Crippen molar-refractivity contribution >= 4 is 34.9 Å². The molecule has 0 unspecified atom stereocenters.